The van der Waals surface area contributed by atoms with E-state index in [0.29, 0.717) is 5.75 Å². The fourth-order valence-electron chi connectivity index (χ4n) is 2.09. The maximum absolute atomic E-state index is 10.3. The molecule has 16 heavy (non-hydrogen) atoms. The normalized spacial score (nSPS) is 19.4. The van der Waals surface area contributed by atoms with Crippen LogP contribution in [0.4, 0.5) is 0 Å². The standard InChI is InChI=1S/C12H17NO3/c1-15-11-2-5-13-8-10(11)12(14)9-3-6-16-7-4-9/h2,5,8-9,12,14H,3-4,6-7H2,1H3. The quantitative estimate of drug-likeness (QED) is 0.844. The first-order valence-electron chi connectivity index (χ1n) is 5.56. The van der Waals surface area contributed by atoms with Crippen molar-refractivity contribution in [3.8, 4) is 5.75 Å². The SMILES string of the molecule is COc1ccncc1C(O)C1CCOCC1. The topological polar surface area (TPSA) is 51.6 Å². The van der Waals surface area contributed by atoms with E-state index in [1.807, 2.05) is 0 Å². The second-order valence-electron chi connectivity index (χ2n) is 4.01. The highest BCUT2D eigenvalue weighted by Gasteiger charge is 2.25. The summed E-state index contributed by atoms with van der Waals surface area (Å²) < 4.78 is 10.5. The molecule has 1 aromatic heterocycles. The lowest BCUT2D eigenvalue weighted by Crippen LogP contribution is -2.22. The van der Waals surface area contributed by atoms with E-state index < -0.39 is 6.10 Å². The van der Waals surface area contributed by atoms with Gasteiger partial charge in [-0.15, -0.1) is 0 Å². The lowest BCUT2D eigenvalue weighted by molar-refractivity contribution is 0.00623. The third-order valence-electron chi connectivity index (χ3n) is 3.06. The van der Waals surface area contributed by atoms with Crippen molar-refractivity contribution in [2.45, 2.75) is 18.9 Å². The van der Waals surface area contributed by atoms with Crippen molar-refractivity contribution < 1.29 is 14.6 Å². The molecule has 1 aromatic rings. The van der Waals surface area contributed by atoms with E-state index in [0.717, 1.165) is 31.6 Å². The van der Waals surface area contributed by atoms with Crippen LogP contribution in [0, 0.1) is 5.92 Å². The highest BCUT2D eigenvalue weighted by Crippen LogP contribution is 2.33. The van der Waals surface area contributed by atoms with Gasteiger partial charge in [-0.25, -0.2) is 0 Å². The monoisotopic (exact) mass is 223 g/mol. The maximum atomic E-state index is 10.3. The van der Waals surface area contributed by atoms with Gasteiger partial charge in [0.1, 0.15) is 5.75 Å². The molecule has 0 aromatic carbocycles. The summed E-state index contributed by atoms with van der Waals surface area (Å²) >= 11 is 0. The van der Waals surface area contributed by atoms with Gasteiger partial charge in [-0.3, -0.25) is 4.98 Å². The average Bonchev–Trinajstić information content (AvgIpc) is 2.39. The van der Waals surface area contributed by atoms with E-state index in [-0.39, 0.29) is 5.92 Å². The van der Waals surface area contributed by atoms with Crippen LogP contribution in [0.5, 0.6) is 5.75 Å². The molecule has 1 saturated heterocycles. The molecule has 0 radical (unpaired) electrons. The Kier molecular flexibility index (Phi) is 3.74. The summed E-state index contributed by atoms with van der Waals surface area (Å²) in [5, 5.41) is 10.3. The Morgan fingerprint density at radius 2 is 2.25 bits per heavy atom. The van der Waals surface area contributed by atoms with E-state index >= 15 is 0 Å². The predicted octanol–water partition coefficient (Wildman–Crippen LogP) is 1.55. The highest BCUT2D eigenvalue weighted by molar-refractivity contribution is 5.32. The predicted molar refractivity (Wildman–Crippen MR) is 59.3 cm³/mol. The van der Waals surface area contributed by atoms with Crippen molar-refractivity contribution in [2.75, 3.05) is 20.3 Å². The molecule has 0 bridgehead atoms. The van der Waals surface area contributed by atoms with Crippen molar-refractivity contribution in [1.82, 2.24) is 4.98 Å². The minimum absolute atomic E-state index is 0.242. The summed E-state index contributed by atoms with van der Waals surface area (Å²) in [4.78, 5) is 4.04. The molecule has 2 heterocycles. The number of methoxy groups -OCH3 is 1. The molecular formula is C12H17NO3. The number of aromatic nitrogens is 1. The highest BCUT2D eigenvalue weighted by atomic mass is 16.5. The fourth-order valence-corrected chi connectivity index (χ4v) is 2.09. The molecule has 4 nitrogen and oxygen atoms in total. The molecule has 0 spiro atoms. The van der Waals surface area contributed by atoms with Crippen LogP contribution in [-0.4, -0.2) is 30.4 Å². The van der Waals surface area contributed by atoms with Gasteiger partial charge < -0.3 is 14.6 Å². The Morgan fingerprint density at radius 3 is 2.94 bits per heavy atom. The number of rotatable bonds is 3. The van der Waals surface area contributed by atoms with E-state index in [1.54, 1.807) is 25.6 Å². The van der Waals surface area contributed by atoms with Gasteiger partial charge in [0.05, 0.1) is 13.2 Å². The second-order valence-corrected chi connectivity index (χ2v) is 4.01. The number of ether oxygens (including phenoxy) is 2. The zero-order chi connectivity index (χ0) is 11.4. The molecule has 0 aliphatic carbocycles. The van der Waals surface area contributed by atoms with Gasteiger partial charge in [0.15, 0.2) is 0 Å². The summed E-state index contributed by atoms with van der Waals surface area (Å²) in [5.74, 6) is 0.945. The van der Waals surface area contributed by atoms with Crippen molar-refractivity contribution in [3.05, 3.63) is 24.0 Å². The molecule has 2 rings (SSSR count). The summed E-state index contributed by atoms with van der Waals surface area (Å²) in [5.41, 5.74) is 0.775. The third-order valence-corrected chi connectivity index (χ3v) is 3.06. The molecule has 1 atom stereocenters. The second kappa shape index (κ2) is 5.27. The number of hydrogen-bond acceptors (Lipinski definition) is 4. The average molecular weight is 223 g/mol. The lowest BCUT2D eigenvalue weighted by atomic mass is 9.90. The number of nitrogens with zero attached hydrogens (tertiary/aromatic N) is 1. The van der Waals surface area contributed by atoms with E-state index in [2.05, 4.69) is 4.98 Å². The summed E-state index contributed by atoms with van der Waals surface area (Å²) in [6, 6.07) is 1.78. The first-order chi connectivity index (χ1) is 7.83. The van der Waals surface area contributed by atoms with Crippen LogP contribution in [0.25, 0.3) is 0 Å². The largest absolute Gasteiger partial charge is 0.496 e. The zero-order valence-corrected chi connectivity index (χ0v) is 9.43. The minimum Gasteiger partial charge on any atom is -0.496 e. The van der Waals surface area contributed by atoms with E-state index in [4.69, 9.17) is 9.47 Å². The van der Waals surface area contributed by atoms with Gasteiger partial charge in [-0.2, -0.15) is 0 Å². The third kappa shape index (κ3) is 2.33. The van der Waals surface area contributed by atoms with Crippen LogP contribution in [0.2, 0.25) is 0 Å². The minimum atomic E-state index is -0.507. The molecular weight excluding hydrogens is 206 g/mol. The van der Waals surface area contributed by atoms with Crippen LogP contribution in [-0.2, 0) is 4.74 Å². The molecule has 88 valence electrons. The first-order valence-corrected chi connectivity index (χ1v) is 5.56. The number of hydrogen-bond donors (Lipinski definition) is 1. The molecule has 1 aliphatic rings. The molecule has 1 aliphatic heterocycles. The van der Waals surface area contributed by atoms with Gasteiger partial charge in [-0.1, -0.05) is 0 Å². The summed E-state index contributed by atoms with van der Waals surface area (Å²) in [7, 11) is 1.61. The van der Waals surface area contributed by atoms with Gasteiger partial charge in [-0.05, 0) is 24.8 Å². The summed E-state index contributed by atoms with van der Waals surface area (Å²) in [6.07, 6.45) is 4.61. The van der Waals surface area contributed by atoms with Crippen LogP contribution in [0.15, 0.2) is 18.5 Å². The first kappa shape index (κ1) is 11.4. The maximum Gasteiger partial charge on any atom is 0.127 e. The Morgan fingerprint density at radius 1 is 1.50 bits per heavy atom. The zero-order valence-electron chi connectivity index (χ0n) is 9.43. The van der Waals surface area contributed by atoms with Gasteiger partial charge in [0.2, 0.25) is 0 Å². The number of aliphatic hydroxyl groups excluding tert-OH is 1. The van der Waals surface area contributed by atoms with Gasteiger partial charge >= 0.3 is 0 Å². The van der Waals surface area contributed by atoms with Crippen molar-refractivity contribution >= 4 is 0 Å². The van der Waals surface area contributed by atoms with Crippen molar-refractivity contribution in [1.29, 1.82) is 0 Å². The Balaban J connectivity index is 2.15. The number of aliphatic hydroxyl groups is 1. The molecule has 1 unspecified atom stereocenters. The Labute approximate surface area is 95.2 Å². The molecule has 1 N–H and O–H groups in total. The van der Waals surface area contributed by atoms with Crippen LogP contribution < -0.4 is 4.74 Å². The molecule has 0 saturated carbocycles. The Bertz CT molecular complexity index is 337. The summed E-state index contributed by atoms with van der Waals surface area (Å²) in [6.45, 7) is 1.45. The van der Waals surface area contributed by atoms with Crippen LogP contribution >= 0.6 is 0 Å². The van der Waals surface area contributed by atoms with Crippen molar-refractivity contribution in [2.24, 2.45) is 5.92 Å². The van der Waals surface area contributed by atoms with E-state index in [9.17, 15) is 5.11 Å². The van der Waals surface area contributed by atoms with Crippen molar-refractivity contribution in [3.63, 3.8) is 0 Å². The van der Waals surface area contributed by atoms with Crippen LogP contribution in [0.3, 0.4) is 0 Å². The molecule has 4 heteroatoms. The molecule has 1 fully saturated rings. The number of pyridine rings is 1. The Hall–Kier alpha value is -1.13. The van der Waals surface area contributed by atoms with E-state index in [1.165, 1.54) is 0 Å². The van der Waals surface area contributed by atoms with Gasteiger partial charge in [0.25, 0.3) is 0 Å². The smallest absolute Gasteiger partial charge is 0.127 e. The van der Waals surface area contributed by atoms with Crippen LogP contribution in [0.1, 0.15) is 24.5 Å². The molecule has 0 amide bonds. The fraction of sp³-hybridized carbons (Fsp3) is 0.583. The lowest BCUT2D eigenvalue weighted by Gasteiger charge is -2.27. The van der Waals surface area contributed by atoms with Gasteiger partial charge in [0, 0.05) is 31.2 Å².